The fourth-order valence-electron chi connectivity index (χ4n) is 6.75. The molecule has 3 aliphatic rings. The molecule has 1 aliphatic carbocycles. The van der Waals surface area contributed by atoms with E-state index in [0.29, 0.717) is 38.3 Å². The Bertz CT molecular complexity index is 1540. The van der Waals surface area contributed by atoms with E-state index in [2.05, 4.69) is 40.7 Å². The Morgan fingerprint density at radius 3 is 2.60 bits per heavy atom. The van der Waals surface area contributed by atoms with E-state index in [4.69, 9.17) is 4.74 Å². The summed E-state index contributed by atoms with van der Waals surface area (Å²) in [6, 6.07) is 16.5. The summed E-state index contributed by atoms with van der Waals surface area (Å²) in [6.45, 7) is 5.46. The third-order valence-corrected chi connectivity index (χ3v) is 9.25. The van der Waals surface area contributed by atoms with Crippen molar-refractivity contribution in [3.8, 4) is 6.07 Å². The van der Waals surface area contributed by atoms with Crippen LogP contribution in [0.1, 0.15) is 37.6 Å². The van der Waals surface area contributed by atoms with Crippen LogP contribution in [-0.2, 0) is 25.5 Å². The molecule has 6 atom stereocenters. The summed E-state index contributed by atoms with van der Waals surface area (Å²) in [4.78, 5) is 42.9. The Hall–Kier alpha value is -4.36. The van der Waals surface area contributed by atoms with Crippen molar-refractivity contribution in [1.82, 2.24) is 25.7 Å². The van der Waals surface area contributed by atoms with Crippen LogP contribution in [-0.4, -0.2) is 64.7 Å². The van der Waals surface area contributed by atoms with E-state index in [1.165, 1.54) is 0 Å². The van der Waals surface area contributed by atoms with Gasteiger partial charge in [-0.15, -0.1) is 0 Å². The molecule has 3 heterocycles. The molecule has 1 aromatic heterocycles. The molecule has 2 aromatic carbocycles. The summed E-state index contributed by atoms with van der Waals surface area (Å²) in [5.41, 5.74) is 1.14. The van der Waals surface area contributed by atoms with E-state index in [-0.39, 0.29) is 35.0 Å². The number of amides is 3. The van der Waals surface area contributed by atoms with Crippen molar-refractivity contribution in [2.45, 2.75) is 44.8 Å². The van der Waals surface area contributed by atoms with Crippen LogP contribution in [0.5, 0.6) is 0 Å². The van der Waals surface area contributed by atoms with Crippen molar-refractivity contribution in [2.24, 2.45) is 23.2 Å². The number of carbonyl (C=O) groups is 3. The molecule has 1 unspecified atom stereocenters. The molecule has 1 saturated carbocycles. The van der Waals surface area contributed by atoms with Gasteiger partial charge in [-0.05, 0) is 29.2 Å². The van der Waals surface area contributed by atoms with Crippen molar-refractivity contribution in [2.75, 3.05) is 19.8 Å². The fourth-order valence-corrected chi connectivity index (χ4v) is 6.75. The van der Waals surface area contributed by atoms with Gasteiger partial charge in [0.1, 0.15) is 17.8 Å². The predicted octanol–water partition coefficient (Wildman–Crippen LogP) is 2.56. The number of hydrogen-bond acceptors (Lipinski definition) is 7. The van der Waals surface area contributed by atoms with Crippen molar-refractivity contribution in [1.29, 1.82) is 5.26 Å². The smallest absolute Gasteiger partial charge is 0.246 e. The highest BCUT2D eigenvalue weighted by atomic mass is 16.5. The summed E-state index contributed by atoms with van der Waals surface area (Å²) < 4.78 is 5.40. The van der Waals surface area contributed by atoms with Gasteiger partial charge in [-0.3, -0.25) is 14.4 Å². The van der Waals surface area contributed by atoms with Crippen LogP contribution in [0.4, 0.5) is 0 Å². The Labute approximate surface area is 244 Å². The summed E-state index contributed by atoms with van der Waals surface area (Å²) >= 11 is 0. The maximum Gasteiger partial charge on any atom is 0.246 e. The van der Waals surface area contributed by atoms with Gasteiger partial charge in [0.25, 0.3) is 0 Å². The zero-order valence-corrected chi connectivity index (χ0v) is 23.7. The molecule has 42 heavy (non-hydrogen) atoms. The Balaban J connectivity index is 1.26. The number of aromatic nitrogens is 2. The van der Waals surface area contributed by atoms with Crippen molar-refractivity contribution < 1.29 is 19.1 Å². The van der Waals surface area contributed by atoms with Crippen molar-refractivity contribution >= 4 is 28.5 Å². The van der Waals surface area contributed by atoms with E-state index in [1.54, 1.807) is 11.1 Å². The van der Waals surface area contributed by atoms with E-state index >= 15 is 0 Å². The lowest BCUT2D eigenvalue weighted by Crippen LogP contribution is -2.57. The Kier molecular flexibility index (Phi) is 7.37. The van der Waals surface area contributed by atoms with Gasteiger partial charge in [-0.1, -0.05) is 68.4 Å². The van der Waals surface area contributed by atoms with Crippen LogP contribution in [0, 0.1) is 34.5 Å². The lowest BCUT2D eigenvalue weighted by molar-refractivity contribution is -0.143. The Morgan fingerprint density at radius 1 is 1.10 bits per heavy atom. The highest BCUT2D eigenvalue weighted by molar-refractivity contribution is 5.94. The van der Waals surface area contributed by atoms with Crippen LogP contribution in [0.2, 0.25) is 0 Å². The zero-order valence-electron chi connectivity index (χ0n) is 23.7. The number of benzene rings is 2. The van der Waals surface area contributed by atoms with Crippen LogP contribution in [0.25, 0.3) is 10.8 Å². The molecule has 216 valence electrons. The molecule has 0 bridgehead atoms. The topological polar surface area (TPSA) is 137 Å². The number of likely N-dealkylation sites (tertiary alicyclic amines) is 1. The van der Waals surface area contributed by atoms with Gasteiger partial charge in [0.05, 0.1) is 24.8 Å². The fraction of sp³-hybridized carbons (Fsp3) is 0.438. The lowest BCUT2D eigenvalue weighted by atomic mass is 9.97. The molecule has 0 spiro atoms. The van der Waals surface area contributed by atoms with Gasteiger partial charge in [-0.25, -0.2) is 0 Å². The monoisotopic (exact) mass is 566 g/mol. The maximum atomic E-state index is 14.2. The molecule has 2 N–H and O–H groups in total. The molecule has 3 aromatic rings. The number of nitrogens with zero attached hydrogens (tertiary/aromatic N) is 4. The second-order valence-electron chi connectivity index (χ2n) is 12.1. The third-order valence-electron chi connectivity index (χ3n) is 9.25. The third kappa shape index (κ3) is 5.09. The molecule has 2 saturated heterocycles. The minimum Gasteiger partial charge on any atom is -0.381 e. The van der Waals surface area contributed by atoms with Gasteiger partial charge in [0, 0.05) is 30.3 Å². The largest absolute Gasteiger partial charge is 0.381 e. The first-order valence-electron chi connectivity index (χ1n) is 14.4. The summed E-state index contributed by atoms with van der Waals surface area (Å²) in [5.74, 6) is -1.14. The summed E-state index contributed by atoms with van der Waals surface area (Å²) in [7, 11) is 0. The number of nitrogens with one attached hydrogen (secondary N) is 2. The average molecular weight is 567 g/mol. The van der Waals surface area contributed by atoms with Gasteiger partial charge >= 0.3 is 0 Å². The van der Waals surface area contributed by atoms with E-state index in [1.807, 2.05) is 54.6 Å². The van der Waals surface area contributed by atoms with E-state index in [9.17, 15) is 19.6 Å². The van der Waals surface area contributed by atoms with Crippen LogP contribution in [0.15, 0.2) is 60.8 Å². The molecule has 3 fully saturated rings. The molecule has 2 aliphatic heterocycles. The van der Waals surface area contributed by atoms with Crippen molar-refractivity contribution in [3.05, 3.63) is 72.1 Å². The minimum absolute atomic E-state index is 0.0595. The molecular formula is C32H34N6O4. The highest BCUT2D eigenvalue weighted by Gasteiger charge is 2.69. The number of ether oxygens (including phenoxy) is 1. The molecule has 3 amide bonds. The highest BCUT2D eigenvalue weighted by Crippen LogP contribution is 2.65. The summed E-state index contributed by atoms with van der Waals surface area (Å²) in [5, 5.41) is 25.7. The summed E-state index contributed by atoms with van der Waals surface area (Å²) in [6.07, 6.45) is 2.52. The van der Waals surface area contributed by atoms with Gasteiger partial charge in [-0.2, -0.15) is 15.5 Å². The number of piperidine rings is 1. The first-order chi connectivity index (χ1) is 20.3. The standard InChI is InChI=1S/C32H34N6O4/c1-32(2)23-17-38(31(41)24(14-19-8-4-3-5-9-19)35-29(39)21-12-13-42-18-21)28(26(23)32)30(40)36-25(15-33)27-22-11-7-6-10-20(22)16-34-37-27/h3-11,16,21,23-26,28H,12-14,17-18H2,1-2H3,(H,35,39)(H,36,40)/t21-,23-,24-,25?,26-,28-/m0/s1. The van der Waals surface area contributed by atoms with E-state index in [0.717, 1.165) is 16.3 Å². The van der Waals surface area contributed by atoms with Crippen LogP contribution < -0.4 is 10.6 Å². The van der Waals surface area contributed by atoms with Crippen LogP contribution >= 0.6 is 0 Å². The first-order valence-corrected chi connectivity index (χ1v) is 14.4. The minimum atomic E-state index is -1.05. The molecule has 10 nitrogen and oxygen atoms in total. The van der Waals surface area contributed by atoms with Gasteiger partial charge in [0.15, 0.2) is 6.04 Å². The molecular weight excluding hydrogens is 532 g/mol. The van der Waals surface area contributed by atoms with Gasteiger partial charge in [0.2, 0.25) is 17.7 Å². The number of hydrogen-bond donors (Lipinski definition) is 2. The molecule has 0 radical (unpaired) electrons. The second kappa shape index (κ2) is 11.1. The average Bonchev–Trinajstić information content (AvgIpc) is 3.46. The maximum absolute atomic E-state index is 14.2. The predicted molar refractivity (Wildman–Crippen MR) is 153 cm³/mol. The SMILES string of the molecule is CC1(C)[C@@H]2[C@@H](C(=O)NC(C#N)c3nncc4ccccc34)N(C(=O)[C@H](Cc3ccccc3)NC(=O)[C@H]3CCOC3)C[C@@H]21. The zero-order chi connectivity index (χ0) is 29.4. The molecule has 6 rings (SSSR count). The first kappa shape index (κ1) is 27.8. The Morgan fingerprint density at radius 2 is 1.86 bits per heavy atom. The number of rotatable bonds is 8. The van der Waals surface area contributed by atoms with Gasteiger partial charge < -0.3 is 20.3 Å². The van der Waals surface area contributed by atoms with Crippen LogP contribution in [0.3, 0.4) is 0 Å². The number of carbonyl (C=O) groups excluding carboxylic acids is 3. The lowest BCUT2D eigenvalue weighted by Gasteiger charge is -2.33. The quantitative estimate of drug-likeness (QED) is 0.428. The van der Waals surface area contributed by atoms with E-state index < -0.39 is 24.0 Å². The number of fused-ring (bicyclic) bond motifs is 2. The second-order valence-corrected chi connectivity index (χ2v) is 12.1. The molecule has 10 heteroatoms. The normalized spacial score (nSPS) is 25.2. The van der Waals surface area contributed by atoms with Crippen molar-refractivity contribution in [3.63, 3.8) is 0 Å². The number of nitriles is 1.